The van der Waals surface area contributed by atoms with Crippen molar-refractivity contribution < 1.29 is 19.1 Å². The monoisotopic (exact) mass is 244 g/mol. The van der Waals surface area contributed by atoms with Crippen molar-refractivity contribution >= 4 is 12.1 Å². The molecule has 1 aliphatic heterocycles. The second-order valence-electron chi connectivity index (χ2n) is 5.06. The van der Waals surface area contributed by atoms with Gasteiger partial charge in [0.25, 0.3) is 0 Å². The maximum absolute atomic E-state index is 11.5. The fraction of sp³-hybridized carbons (Fsp3) is 0.818. The van der Waals surface area contributed by atoms with Gasteiger partial charge < -0.3 is 20.1 Å². The van der Waals surface area contributed by atoms with Crippen molar-refractivity contribution in [2.45, 2.75) is 44.9 Å². The number of carbonyl (C=O) groups is 2. The zero-order valence-corrected chi connectivity index (χ0v) is 10.7. The minimum Gasteiger partial charge on any atom is -0.468 e. The minimum absolute atomic E-state index is 0.103. The molecule has 1 aliphatic rings. The Morgan fingerprint density at radius 3 is 2.53 bits per heavy atom. The fourth-order valence-electron chi connectivity index (χ4n) is 1.64. The average molecular weight is 244 g/mol. The fourth-order valence-corrected chi connectivity index (χ4v) is 1.64. The molecule has 1 heterocycles. The summed E-state index contributed by atoms with van der Waals surface area (Å²) in [5.74, 6) is -0.307. The number of ether oxygens (including phenoxy) is 2. The van der Waals surface area contributed by atoms with Crippen molar-refractivity contribution in [1.29, 1.82) is 0 Å². The highest BCUT2D eigenvalue weighted by Gasteiger charge is 2.31. The molecule has 0 bridgehead atoms. The number of amides is 1. The quantitative estimate of drug-likeness (QED) is 0.688. The molecule has 0 unspecified atom stereocenters. The summed E-state index contributed by atoms with van der Waals surface area (Å²) in [5, 5.41) is 5.69. The van der Waals surface area contributed by atoms with Crippen LogP contribution in [0.25, 0.3) is 0 Å². The van der Waals surface area contributed by atoms with Crippen LogP contribution in [0.2, 0.25) is 0 Å². The van der Waals surface area contributed by atoms with E-state index in [1.54, 1.807) is 20.8 Å². The van der Waals surface area contributed by atoms with Gasteiger partial charge in [0.05, 0.1) is 7.11 Å². The number of esters is 1. The van der Waals surface area contributed by atoms with Gasteiger partial charge in [0.15, 0.2) is 0 Å². The van der Waals surface area contributed by atoms with Gasteiger partial charge in [-0.25, -0.2) is 4.79 Å². The number of hydrogen-bond acceptors (Lipinski definition) is 5. The first-order valence-electron chi connectivity index (χ1n) is 5.62. The van der Waals surface area contributed by atoms with Crippen LogP contribution in [-0.2, 0) is 14.3 Å². The highest BCUT2D eigenvalue weighted by molar-refractivity contribution is 5.76. The van der Waals surface area contributed by atoms with E-state index in [9.17, 15) is 9.59 Å². The lowest BCUT2D eigenvalue weighted by Crippen LogP contribution is -2.40. The molecule has 0 aromatic heterocycles. The summed E-state index contributed by atoms with van der Waals surface area (Å²) in [5.41, 5.74) is -0.516. The van der Waals surface area contributed by atoms with Gasteiger partial charge in [0.2, 0.25) is 0 Å². The van der Waals surface area contributed by atoms with Crippen molar-refractivity contribution in [1.82, 2.24) is 10.6 Å². The Morgan fingerprint density at radius 1 is 1.35 bits per heavy atom. The van der Waals surface area contributed by atoms with Crippen LogP contribution in [-0.4, -0.2) is 43.4 Å². The van der Waals surface area contributed by atoms with Gasteiger partial charge in [-0.05, 0) is 27.2 Å². The first kappa shape index (κ1) is 13.8. The van der Waals surface area contributed by atoms with Crippen LogP contribution in [0.15, 0.2) is 0 Å². The Labute approximate surface area is 101 Å². The van der Waals surface area contributed by atoms with Gasteiger partial charge in [0.1, 0.15) is 11.6 Å². The smallest absolute Gasteiger partial charge is 0.407 e. The van der Waals surface area contributed by atoms with Crippen LogP contribution in [0.5, 0.6) is 0 Å². The molecule has 1 rings (SSSR count). The van der Waals surface area contributed by atoms with Gasteiger partial charge in [-0.1, -0.05) is 0 Å². The summed E-state index contributed by atoms with van der Waals surface area (Å²) in [6.45, 7) is 5.95. The van der Waals surface area contributed by atoms with Crippen LogP contribution in [0.1, 0.15) is 27.2 Å². The predicted molar refractivity (Wildman–Crippen MR) is 61.6 cm³/mol. The zero-order valence-electron chi connectivity index (χ0n) is 10.7. The number of nitrogens with one attached hydrogen (secondary N) is 2. The highest BCUT2D eigenvalue weighted by Crippen LogP contribution is 2.10. The summed E-state index contributed by atoms with van der Waals surface area (Å²) in [4.78, 5) is 22.7. The van der Waals surface area contributed by atoms with Crippen LogP contribution in [0, 0.1) is 0 Å². The molecule has 17 heavy (non-hydrogen) atoms. The van der Waals surface area contributed by atoms with E-state index in [4.69, 9.17) is 4.74 Å². The van der Waals surface area contributed by atoms with E-state index in [1.165, 1.54) is 7.11 Å². The Kier molecular flexibility index (Phi) is 4.34. The molecule has 0 aromatic rings. The van der Waals surface area contributed by atoms with E-state index in [0.29, 0.717) is 13.0 Å². The third-order valence-electron chi connectivity index (χ3n) is 2.34. The molecule has 1 amide bonds. The molecule has 0 saturated carbocycles. The molecule has 1 saturated heterocycles. The largest absolute Gasteiger partial charge is 0.468 e. The van der Waals surface area contributed by atoms with Gasteiger partial charge in [-0.2, -0.15) is 0 Å². The summed E-state index contributed by atoms with van der Waals surface area (Å²) in [6, 6.07) is -0.450. The van der Waals surface area contributed by atoms with Crippen LogP contribution < -0.4 is 10.6 Å². The van der Waals surface area contributed by atoms with E-state index < -0.39 is 11.7 Å². The molecule has 98 valence electrons. The third kappa shape index (κ3) is 4.60. The molecular formula is C11H20N2O4. The zero-order chi connectivity index (χ0) is 13.1. The summed E-state index contributed by atoms with van der Waals surface area (Å²) in [7, 11) is 1.35. The number of carbonyl (C=O) groups excluding carboxylic acids is 2. The Bertz CT molecular complexity index is 298. The molecule has 0 radical (unpaired) electrons. The summed E-state index contributed by atoms with van der Waals surface area (Å²) >= 11 is 0. The van der Waals surface area contributed by atoms with Crippen molar-refractivity contribution in [2.75, 3.05) is 13.7 Å². The van der Waals surface area contributed by atoms with Gasteiger partial charge in [-0.15, -0.1) is 0 Å². The molecule has 6 heteroatoms. The number of rotatable bonds is 2. The number of hydrogen-bond donors (Lipinski definition) is 2. The molecule has 0 spiro atoms. The van der Waals surface area contributed by atoms with E-state index in [0.717, 1.165) is 0 Å². The van der Waals surface area contributed by atoms with Crippen LogP contribution in [0.4, 0.5) is 4.79 Å². The van der Waals surface area contributed by atoms with E-state index in [1.807, 2.05) is 0 Å². The minimum atomic E-state index is -0.516. The first-order chi connectivity index (χ1) is 7.81. The number of methoxy groups -OCH3 is 1. The maximum atomic E-state index is 11.5. The molecular weight excluding hydrogens is 224 g/mol. The summed E-state index contributed by atoms with van der Waals surface area (Å²) in [6.07, 6.45) is 0.0566. The molecule has 6 nitrogen and oxygen atoms in total. The maximum Gasteiger partial charge on any atom is 0.407 e. The molecule has 2 N–H and O–H groups in total. The second-order valence-corrected chi connectivity index (χ2v) is 5.06. The normalized spacial score (nSPS) is 24.2. The third-order valence-corrected chi connectivity index (χ3v) is 2.34. The Morgan fingerprint density at radius 2 is 2.00 bits per heavy atom. The van der Waals surface area contributed by atoms with Crippen molar-refractivity contribution in [3.63, 3.8) is 0 Å². The Balaban J connectivity index is 2.35. The van der Waals surface area contributed by atoms with Crippen molar-refractivity contribution in [3.8, 4) is 0 Å². The highest BCUT2D eigenvalue weighted by atomic mass is 16.6. The predicted octanol–water partition coefficient (Wildman–Crippen LogP) is 0.415. The topological polar surface area (TPSA) is 76.7 Å². The first-order valence-corrected chi connectivity index (χ1v) is 5.62. The average Bonchev–Trinajstić information content (AvgIpc) is 2.62. The van der Waals surface area contributed by atoms with Crippen molar-refractivity contribution in [2.24, 2.45) is 0 Å². The molecule has 2 atom stereocenters. The number of alkyl carbamates (subject to hydrolysis) is 1. The second kappa shape index (κ2) is 5.35. The van der Waals surface area contributed by atoms with Gasteiger partial charge in [0, 0.05) is 12.6 Å². The van der Waals surface area contributed by atoms with E-state index >= 15 is 0 Å². The lowest BCUT2D eigenvalue weighted by molar-refractivity contribution is -0.142. The van der Waals surface area contributed by atoms with Gasteiger partial charge in [-0.3, -0.25) is 4.79 Å². The standard InChI is InChI=1S/C11H20N2O4/c1-11(2,3)17-10(15)13-7-5-8(12-6-7)9(14)16-4/h7-8,12H,5-6H2,1-4H3,(H,13,15)/t7-,8-/m0/s1. The van der Waals surface area contributed by atoms with Gasteiger partial charge >= 0.3 is 12.1 Å². The summed E-state index contributed by atoms with van der Waals surface area (Å²) < 4.78 is 9.75. The van der Waals surface area contributed by atoms with Crippen molar-refractivity contribution in [3.05, 3.63) is 0 Å². The van der Waals surface area contributed by atoms with E-state index in [-0.39, 0.29) is 18.1 Å². The van der Waals surface area contributed by atoms with Crippen LogP contribution in [0.3, 0.4) is 0 Å². The molecule has 0 aliphatic carbocycles. The lowest BCUT2D eigenvalue weighted by atomic mass is 10.2. The Hall–Kier alpha value is -1.30. The lowest BCUT2D eigenvalue weighted by Gasteiger charge is -2.21. The molecule has 0 aromatic carbocycles. The van der Waals surface area contributed by atoms with E-state index in [2.05, 4.69) is 15.4 Å². The van der Waals surface area contributed by atoms with Crippen LogP contribution >= 0.6 is 0 Å². The molecule has 1 fully saturated rings. The SMILES string of the molecule is COC(=O)[C@@H]1C[C@H](NC(=O)OC(C)(C)C)CN1.